The second kappa shape index (κ2) is 8.45. The molecule has 1 amide bonds. The Morgan fingerprint density at radius 3 is 2.55 bits per heavy atom. The molecule has 0 radical (unpaired) electrons. The van der Waals surface area contributed by atoms with Gasteiger partial charge in [0.25, 0.3) is 5.91 Å². The van der Waals surface area contributed by atoms with Gasteiger partial charge in [-0.3, -0.25) is 4.79 Å². The number of benzene rings is 2. The molecular weight excluding hydrogens is 438 g/mol. The van der Waals surface area contributed by atoms with Crippen molar-refractivity contribution in [2.75, 3.05) is 17.7 Å². The van der Waals surface area contributed by atoms with Gasteiger partial charge in [-0.2, -0.15) is 18.2 Å². The van der Waals surface area contributed by atoms with E-state index in [-0.39, 0.29) is 0 Å². The lowest BCUT2D eigenvalue weighted by atomic mass is 9.99. The van der Waals surface area contributed by atoms with Crippen LogP contribution >= 0.6 is 0 Å². The Morgan fingerprint density at radius 2 is 1.82 bits per heavy atom. The highest BCUT2D eigenvalue weighted by Gasteiger charge is 2.32. The van der Waals surface area contributed by atoms with Crippen molar-refractivity contribution in [2.24, 2.45) is 0 Å². The van der Waals surface area contributed by atoms with E-state index in [2.05, 4.69) is 25.6 Å². The summed E-state index contributed by atoms with van der Waals surface area (Å²) in [5.74, 6) is -1.59. The van der Waals surface area contributed by atoms with Gasteiger partial charge in [0.2, 0.25) is 5.95 Å². The smallest absolute Gasteiger partial charge is 0.357 e. The lowest BCUT2D eigenvalue weighted by Gasteiger charge is -2.14. The molecule has 10 heteroatoms. The topological polar surface area (TPSA) is 79.8 Å². The maximum absolute atomic E-state index is 14.1. The number of hydrogen-bond donors (Lipinski definition) is 2. The lowest BCUT2D eigenvalue weighted by molar-refractivity contribution is -0.137. The summed E-state index contributed by atoms with van der Waals surface area (Å²) < 4.78 is 53.0. The van der Waals surface area contributed by atoms with Gasteiger partial charge in [0.1, 0.15) is 5.82 Å². The molecule has 4 aromatic rings. The first-order valence-electron chi connectivity index (χ1n) is 9.76. The number of anilines is 2. The Kier molecular flexibility index (Phi) is 5.67. The Morgan fingerprint density at radius 1 is 1.03 bits per heavy atom. The minimum absolute atomic E-state index is 0.330. The van der Waals surface area contributed by atoms with E-state index in [0.717, 1.165) is 11.1 Å². The highest BCUT2D eigenvalue weighted by atomic mass is 19.4. The van der Waals surface area contributed by atoms with Gasteiger partial charge < -0.3 is 10.6 Å². The van der Waals surface area contributed by atoms with Gasteiger partial charge in [-0.15, -0.1) is 0 Å². The van der Waals surface area contributed by atoms with Crippen molar-refractivity contribution in [1.82, 2.24) is 15.0 Å². The number of amides is 1. The zero-order valence-corrected chi connectivity index (χ0v) is 17.5. The molecule has 2 aromatic carbocycles. The number of carbonyl (C=O) groups excluding carboxylic acids is 1. The summed E-state index contributed by atoms with van der Waals surface area (Å²) in [7, 11) is 1.70. The summed E-state index contributed by atoms with van der Waals surface area (Å²) in [4.78, 5) is 25.4. The van der Waals surface area contributed by atoms with Crippen LogP contribution in [0.3, 0.4) is 0 Å². The summed E-state index contributed by atoms with van der Waals surface area (Å²) in [6.45, 7) is 1.73. The van der Waals surface area contributed by atoms with Crippen LogP contribution < -0.4 is 10.6 Å². The second-order valence-electron chi connectivity index (χ2n) is 7.21. The summed E-state index contributed by atoms with van der Waals surface area (Å²) in [6.07, 6.45) is -1.45. The van der Waals surface area contributed by atoms with Crippen LogP contribution in [0, 0.1) is 12.7 Å². The predicted molar refractivity (Wildman–Crippen MR) is 116 cm³/mol. The maximum atomic E-state index is 14.1. The number of halogens is 4. The van der Waals surface area contributed by atoms with E-state index in [0.29, 0.717) is 46.4 Å². The first-order valence-corrected chi connectivity index (χ1v) is 9.76. The summed E-state index contributed by atoms with van der Waals surface area (Å²) in [6, 6.07) is 8.61. The zero-order chi connectivity index (χ0) is 23.8. The summed E-state index contributed by atoms with van der Waals surface area (Å²) in [5.41, 5.74) is 1.11. The molecule has 2 heterocycles. The number of aromatic nitrogens is 3. The normalized spacial score (nSPS) is 11.5. The van der Waals surface area contributed by atoms with Crippen LogP contribution in [0.5, 0.6) is 0 Å². The first kappa shape index (κ1) is 22.1. The highest BCUT2D eigenvalue weighted by Crippen LogP contribution is 2.32. The Labute approximate surface area is 185 Å². The van der Waals surface area contributed by atoms with Gasteiger partial charge in [-0.05, 0) is 48.4 Å². The third kappa shape index (κ3) is 4.45. The lowest BCUT2D eigenvalue weighted by Crippen LogP contribution is -2.16. The molecule has 4 rings (SSSR count). The van der Waals surface area contributed by atoms with Crippen molar-refractivity contribution in [3.63, 3.8) is 0 Å². The number of alkyl halides is 3. The van der Waals surface area contributed by atoms with Crippen LogP contribution in [0.25, 0.3) is 22.2 Å². The fraction of sp³-hybridized carbons (Fsp3) is 0.130. The van der Waals surface area contributed by atoms with Crippen LogP contribution in [-0.4, -0.2) is 27.9 Å². The number of nitrogens with one attached hydrogen (secondary N) is 2. The van der Waals surface area contributed by atoms with E-state index in [1.165, 1.54) is 0 Å². The number of rotatable bonds is 4. The highest BCUT2D eigenvalue weighted by molar-refractivity contribution is 6.05. The monoisotopic (exact) mass is 455 g/mol. The molecule has 0 aliphatic carbocycles. The number of pyridine rings is 1. The van der Waals surface area contributed by atoms with Crippen LogP contribution in [0.2, 0.25) is 0 Å². The first-order chi connectivity index (χ1) is 15.7. The second-order valence-corrected chi connectivity index (χ2v) is 7.21. The molecule has 0 saturated carbocycles. The predicted octanol–water partition coefficient (Wildman–Crippen LogP) is 5.45. The Hall–Kier alpha value is -4.08. The fourth-order valence-electron chi connectivity index (χ4n) is 3.34. The quantitative estimate of drug-likeness (QED) is 0.400. The molecular formula is C23H17F4N5O. The van der Waals surface area contributed by atoms with Crippen molar-refractivity contribution in [2.45, 2.75) is 13.1 Å². The molecule has 0 spiro atoms. The number of nitrogens with zero attached hydrogens (tertiary/aromatic N) is 3. The van der Waals surface area contributed by atoms with Crippen LogP contribution in [0.1, 0.15) is 21.5 Å². The third-order valence-corrected chi connectivity index (χ3v) is 5.09. The standard InChI is InChI=1S/C23H17F4N5O/c1-12-16(13-8-14-11-30-22(28-2)32-20(14)29-10-13)4-3-5-19(12)31-21(33)17-9-15(23(25,26)27)6-7-18(17)24/h3-11H,1-2H3,(H,31,33)(H,28,29,30,32). The van der Waals surface area contributed by atoms with E-state index in [1.54, 1.807) is 38.5 Å². The molecule has 0 unspecified atom stereocenters. The molecule has 33 heavy (non-hydrogen) atoms. The van der Waals surface area contributed by atoms with Crippen molar-refractivity contribution in [3.05, 3.63) is 77.4 Å². The van der Waals surface area contributed by atoms with E-state index < -0.39 is 29.0 Å². The fourth-order valence-corrected chi connectivity index (χ4v) is 3.34. The van der Waals surface area contributed by atoms with Gasteiger partial charge in [0.05, 0.1) is 11.1 Å². The third-order valence-electron chi connectivity index (χ3n) is 5.09. The molecule has 0 bridgehead atoms. The number of hydrogen-bond acceptors (Lipinski definition) is 5. The zero-order valence-electron chi connectivity index (χ0n) is 17.5. The summed E-state index contributed by atoms with van der Waals surface area (Å²) >= 11 is 0. The Bertz CT molecular complexity index is 1370. The van der Waals surface area contributed by atoms with Crippen molar-refractivity contribution >= 4 is 28.6 Å². The largest absolute Gasteiger partial charge is 0.416 e. The van der Waals surface area contributed by atoms with Crippen LogP contribution in [-0.2, 0) is 6.18 Å². The van der Waals surface area contributed by atoms with Crippen molar-refractivity contribution < 1.29 is 22.4 Å². The molecule has 2 N–H and O–H groups in total. The van der Waals surface area contributed by atoms with Gasteiger partial charge in [0.15, 0.2) is 5.65 Å². The van der Waals surface area contributed by atoms with Crippen molar-refractivity contribution in [1.29, 1.82) is 0 Å². The molecule has 168 valence electrons. The summed E-state index contributed by atoms with van der Waals surface area (Å²) in [5, 5.41) is 6.05. The average molecular weight is 455 g/mol. The Balaban J connectivity index is 1.67. The SMILES string of the molecule is CNc1ncc2cc(-c3cccc(NC(=O)c4cc(C(F)(F)F)ccc4F)c3C)cnc2n1. The minimum atomic E-state index is -4.70. The molecule has 0 saturated heterocycles. The number of fused-ring (bicyclic) bond motifs is 1. The minimum Gasteiger partial charge on any atom is -0.357 e. The van der Waals surface area contributed by atoms with E-state index in [4.69, 9.17) is 0 Å². The van der Waals surface area contributed by atoms with Crippen LogP contribution in [0.15, 0.2) is 54.9 Å². The molecule has 0 atom stereocenters. The van der Waals surface area contributed by atoms with E-state index >= 15 is 0 Å². The van der Waals surface area contributed by atoms with E-state index in [9.17, 15) is 22.4 Å². The van der Waals surface area contributed by atoms with Gasteiger partial charge in [0, 0.05) is 36.1 Å². The van der Waals surface area contributed by atoms with Gasteiger partial charge in [-0.25, -0.2) is 14.4 Å². The molecule has 0 aliphatic heterocycles. The molecule has 2 aromatic heterocycles. The van der Waals surface area contributed by atoms with Gasteiger partial charge in [-0.1, -0.05) is 12.1 Å². The van der Waals surface area contributed by atoms with Crippen molar-refractivity contribution in [3.8, 4) is 11.1 Å². The number of carbonyl (C=O) groups is 1. The average Bonchev–Trinajstić information content (AvgIpc) is 2.79. The molecule has 0 fully saturated rings. The molecule has 0 aliphatic rings. The van der Waals surface area contributed by atoms with Gasteiger partial charge >= 0.3 is 6.18 Å². The van der Waals surface area contributed by atoms with Crippen LogP contribution in [0.4, 0.5) is 29.2 Å². The van der Waals surface area contributed by atoms with E-state index in [1.807, 2.05) is 12.1 Å². The molecule has 6 nitrogen and oxygen atoms in total. The maximum Gasteiger partial charge on any atom is 0.416 e.